The van der Waals surface area contributed by atoms with Gasteiger partial charge in [0.2, 0.25) is 0 Å². The number of anilines is 1. The van der Waals surface area contributed by atoms with Gasteiger partial charge >= 0.3 is 6.09 Å². The van der Waals surface area contributed by atoms with Crippen molar-refractivity contribution >= 4 is 11.9 Å². The summed E-state index contributed by atoms with van der Waals surface area (Å²) >= 11 is 0. The van der Waals surface area contributed by atoms with E-state index < -0.39 is 5.60 Å². The number of amides is 1. The number of ether oxygens (including phenoxy) is 1. The molecule has 2 atom stereocenters. The molecule has 156 valence electrons. The Balaban J connectivity index is 1.57. The van der Waals surface area contributed by atoms with E-state index in [9.17, 15) is 14.7 Å². The maximum atomic E-state index is 12.1. The van der Waals surface area contributed by atoms with Crippen molar-refractivity contribution in [3.63, 3.8) is 0 Å². The lowest BCUT2D eigenvalue weighted by Gasteiger charge is -2.22. The number of hydrogen-bond donors (Lipinski definition) is 3. The van der Waals surface area contributed by atoms with Crippen LogP contribution in [0.3, 0.4) is 0 Å². The number of rotatable bonds is 5. The number of alkyl carbamates (subject to hydrolysis) is 1. The first kappa shape index (κ1) is 20.9. The molecule has 0 aromatic carbocycles. The summed E-state index contributed by atoms with van der Waals surface area (Å²) in [5.74, 6) is 0.711. The average molecular weight is 400 g/mol. The van der Waals surface area contributed by atoms with Gasteiger partial charge in [-0.2, -0.15) is 0 Å². The normalized spacial score (nSPS) is 19.0. The number of pyridine rings is 2. The Hall–Kier alpha value is -2.87. The summed E-state index contributed by atoms with van der Waals surface area (Å²) in [6.07, 6.45) is 5.43. The molecule has 2 aromatic heterocycles. The van der Waals surface area contributed by atoms with E-state index in [1.807, 2.05) is 32.9 Å². The van der Waals surface area contributed by atoms with Crippen LogP contribution in [0.15, 0.2) is 41.5 Å². The third-order valence-corrected chi connectivity index (χ3v) is 4.69. The van der Waals surface area contributed by atoms with Gasteiger partial charge in [-0.1, -0.05) is 0 Å². The largest absolute Gasteiger partial charge is 0.444 e. The molecule has 8 nitrogen and oxygen atoms in total. The Morgan fingerprint density at radius 3 is 2.66 bits per heavy atom. The van der Waals surface area contributed by atoms with E-state index in [0.29, 0.717) is 17.1 Å². The Kier molecular flexibility index (Phi) is 6.22. The molecule has 2 aromatic rings. The monoisotopic (exact) mass is 400 g/mol. The molecule has 1 aliphatic rings. The van der Waals surface area contributed by atoms with Crippen LogP contribution in [0.25, 0.3) is 5.69 Å². The van der Waals surface area contributed by atoms with Crippen LogP contribution in [0.1, 0.15) is 45.6 Å². The van der Waals surface area contributed by atoms with Gasteiger partial charge in [-0.15, -0.1) is 0 Å². The van der Waals surface area contributed by atoms with E-state index in [1.165, 1.54) is 10.6 Å². The van der Waals surface area contributed by atoms with E-state index >= 15 is 0 Å². The minimum absolute atomic E-state index is 0.0708. The molecule has 1 aliphatic carbocycles. The summed E-state index contributed by atoms with van der Waals surface area (Å²) in [6, 6.07) is 6.93. The van der Waals surface area contributed by atoms with Crippen LogP contribution >= 0.6 is 0 Å². The second-order valence-corrected chi connectivity index (χ2v) is 8.30. The first-order valence-corrected chi connectivity index (χ1v) is 9.78. The first-order valence-electron chi connectivity index (χ1n) is 9.78. The summed E-state index contributed by atoms with van der Waals surface area (Å²) in [6.45, 7) is 5.40. The summed E-state index contributed by atoms with van der Waals surface area (Å²) in [7, 11) is 0. The smallest absolute Gasteiger partial charge is 0.407 e. The highest BCUT2D eigenvalue weighted by Gasteiger charge is 2.27. The quantitative estimate of drug-likeness (QED) is 0.712. The average Bonchev–Trinajstić information content (AvgIpc) is 3.08. The molecule has 29 heavy (non-hydrogen) atoms. The summed E-state index contributed by atoms with van der Waals surface area (Å²) in [4.78, 5) is 28.4. The summed E-state index contributed by atoms with van der Waals surface area (Å²) < 4.78 is 6.77. The van der Waals surface area contributed by atoms with Crippen molar-refractivity contribution in [2.45, 2.75) is 64.3 Å². The molecule has 1 saturated carbocycles. The number of carbonyl (C=O) groups excluding carboxylic acids is 1. The fraction of sp³-hybridized carbons (Fsp3) is 0.476. The second kappa shape index (κ2) is 8.65. The number of hydrogen-bond acceptors (Lipinski definition) is 6. The fourth-order valence-corrected chi connectivity index (χ4v) is 3.37. The third-order valence-electron chi connectivity index (χ3n) is 4.69. The van der Waals surface area contributed by atoms with Gasteiger partial charge in [0.05, 0.1) is 18.5 Å². The molecule has 0 radical (unpaired) electrons. The molecule has 3 N–H and O–H groups in total. The van der Waals surface area contributed by atoms with Gasteiger partial charge < -0.3 is 20.5 Å². The van der Waals surface area contributed by atoms with Crippen LogP contribution in [0.5, 0.6) is 0 Å². The van der Waals surface area contributed by atoms with E-state index in [2.05, 4.69) is 15.6 Å². The van der Waals surface area contributed by atoms with Gasteiger partial charge in [-0.25, -0.2) is 9.78 Å². The van der Waals surface area contributed by atoms with E-state index in [1.54, 1.807) is 18.5 Å². The number of aromatic nitrogens is 2. The molecule has 1 fully saturated rings. The molecular formula is C21H28N4O4. The second-order valence-electron chi connectivity index (χ2n) is 8.30. The molecule has 1 amide bonds. The summed E-state index contributed by atoms with van der Waals surface area (Å²) in [5, 5.41) is 15.6. The number of aliphatic hydroxyl groups is 1. The predicted molar refractivity (Wildman–Crippen MR) is 110 cm³/mol. The van der Waals surface area contributed by atoms with Gasteiger partial charge in [0.1, 0.15) is 11.4 Å². The zero-order chi connectivity index (χ0) is 21.0. The van der Waals surface area contributed by atoms with Crippen molar-refractivity contribution in [1.29, 1.82) is 0 Å². The van der Waals surface area contributed by atoms with Crippen LogP contribution in [0.2, 0.25) is 0 Å². The minimum Gasteiger partial charge on any atom is -0.444 e. The molecular weight excluding hydrogens is 372 g/mol. The topological polar surface area (TPSA) is 105 Å². The maximum Gasteiger partial charge on any atom is 0.407 e. The number of nitrogens with one attached hydrogen (secondary N) is 2. The van der Waals surface area contributed by atoms with Crippen LogP contribution in [-0.2, 0) is 11.3 Å². The Morgan fingerprint density at radius 1 is 1.24 bits per heavy atom. The minimum atomic E-state index is -0.509. The van der Waals surface area contributed by atoms with Crippen LogP contribution in [0, 0.1) is 0 Å². The van der Waals surface area contributed by atoms with Gasteiger partial charge in [-0.05, 0) is 63.8 Å². The molecule has 0 aliphatic heterocycles. The molecule has 2 heterocycles. The van der Waals surface area contributed by atoms with Crippen molar-refractivity contribution in [3.05, 3.63) is 52.6 Å². The summed E-state index contributed by atoms with van der Waals surface area (Å²) in [5.41, 5.74) is 0.592. The Morgan fingerprint density at radius 2 is 2.00 bits per heavy atom. The van der Waals surface area contributed by atoms with Crippen LogP contribution < -0.4 is 16.2 Å². The molecule has 0 bridgehead atoms. The van der Waals surface area contributed by atoms with Gasteiger partial charge in [-0.3, -0.25) is 9.36 Å². The van der Waals surface area contributed by atoms with E-state index in [0.717, 1.165) is 19.3 Å². The van der Waals surface area contributed by atoms with E-state index in [4.69, 9.17) is 4.74 Å². The highest BCUT2D eigenvalue weighted by Crippen LogP contribution is 2.23. The van der Waals surface area contributed by atoms with E-state index in [-0.39, 0.29) is 30.3 Å². The van der Waals surface area contributed by atoms with Crippen LogP contribution in [-0.4, -0.2) is 38.4 Å². The van der Waals surface area contributed by atoms with Gasteiger partial charge in [0.15, 0.2) is 0 Å². The number of aliphatic hydroxyl groups excluding tert-OH is 1. The predicted octanol–water partition coefficient (Wildman–Crippen LogP) is 2.58. The highest BCUT2D eigenvalue weighted by atomic mass is 16.6. The maximum absolute atomic E-state index is 12.1. The standard InChI is InChI=1S/C21H28N4O4/c1-21(2,3)29-20(28)24-16-6-5-15(10-16)23-18-8-7-17(11-22-18)25-12-14(13-26)4-9-19(25)27/h4,7-9,11-12,15-16,26H,5-6,10,13H2,1-3H3,(H,22,23)(H,24,28)/t15-,16-/m0/s1. The lowest BCUT2D eigenvalue weighted by molar-refractivity contribution is 0.0505. The number of carbonyl (C=O) groups is 1. The number of nitrogens with zero attached hydrogens (tertiary/aromatic N) is 2. The molecule has 0 unspecified atom stereocenters. The third kappa shape index (κ3) is 5.80. The highest BCUT2D eigenvalue weighted by molar-refractivity contribution is 5.68. The lowest BCUT2D eigenvalue weighted by Crippen LogP contribution is -2.38. The zero-order valence-electron chi connectivity index (χ0n) is 17.0. The van der Waals surface area contributed by atoms with Crippen molar-refractivity contribution in [2.75, 3.05) is 5.32 Å². The fourth-order valence-electron chi connectivity index (χ4n) is 3.37. The first-order chi connectivity index (χ1) is 13.7. The zero-order valence-corrected chi connectivity index (χ0v) is 17.0. The van der Waals surface area contributed by atoms with Gasteiger partial charge in [0.25, 0.3) is 5.56 Å². The Labute approximate surface area is 169 Å². The Bertz CT molecular complexity index is 902. The van der Waals surface area contributed by atoms with Crippen LogP contribution in [0.4, 0.5) is 10.6 Å². The van der Waals surface area contributed by atoms with Crippen molar-refractivity contribution in [1.82, 2.24) is 14.9 Å². The van der Waals surface area contributed by atoms with Crippen molar-refractivity contribution < 1.29 is 14.6 Å². The van der Waals surface area contributed by atoms with Crippen molar-refractivity contribution in [3.8, 4) is 5.69 Å². The molecule has 0 saturated heterocycles. The van der Waals surface area contributed by atoms with Gasteiger partial charge in [0, 0.05) is 24.3 Å². The van der Waals surface area contributed by atoms with Crippen molar-refractivity contribution in [2.24, 2.45) is 0 Å². The molecule has 0 spiro atoms. The molecule has 8 heteroatoms. The molecule has 3 rings (SSSR count). The SMILES string of the molecule is CC(C)(C)OC(=O)N[C@H]1CC[C@H](Nc2ccc(-n3cc(CO)ccc3=O)cn2)C1. The lowest BCUT2D eigenvalue weighted by atomic mass is 10.2.